The van der Waals surface area contributed by atoms with Gasteiger partial charge in [0.15, 0.2) is 5.58 Å². The maximum absolute atomic E-state index is 6.87. The molecule has 0 fully saturated rings. The highest BCUT2D eigenvalue weighted by Gasteiger charge is 2.23. The zero-order valence-electron chi connectivity index (χ0n) is 30.3. The van der Waals surface area contributed by atoms with E-state index in [1.807, 2.05) is 18.2 Å². The Labute approximate surface area is 323 Å². The number of hydrogen-bond donors (Lipinski definition) is 0. The number of furan rings is 1. The first kappa shape index (κ1) is 31.9. The van der Waals surface area contributed by atoms with Gasteiger partial charge in [0.25, 0.3) is 0 Å². The standard InChI is InChI=1S/C52H33N3O/c1-4-15-36(16-5-1)49-50(37-17-6-2-7-18-37)54-51-44-33-39(25-24-35(44)27-30-45(51)53-49)42-29-31-46(52-48(42)43-22-12-13-23-47(43)56-52)55(40-20-8-3-9-21-40)41-28-26-34-14-10-11-19-38(34)32-41/h1-33H. The van der Waals surface area contributed by atoms with E-state index in [1.165, 1.54) is 10.8 Å². The molecule has 0 bridgehead atoms. The SMILES string of the molecule is c1ccc(-c2nc3ccc4ccc(-c5ccc(N(c6ccccc6)c6ccc7ccccc7c6)c6oc7ccccc7c56)cc4c3nc2-c2ccccc2)cc1. The van der Waals surface area contributed by atoms with E-state index in [9.17, 15) is 0 Å². The Bertz CT molecular complexity index is 3250. The summed E-state index contributed by atoms with van der Waals surface area (Å²) in [6.45, 7) is 0. The molecule has 0 aliphatic rings. The summed E-state index contributed by atoms with van der Waals surface area (Å²) in [5.74, 6) is 0. The molecule has 0 amide bonds. The van der Waals surface area contributed by atoms with Crippen molar-refractivity contribution >= 4 is 71.6 Å². The van der Waals surface area contributed by atoms with E-state index < -0.39 is 0 Å². The van der Waals surface area contributed by atoms with Gasteiger partial charge < -0.3 is 9.32 Å². The van der Waals surface area contributed by atoms with Crippen LogP contribution in [-0.4, -0.2) is 9.97 Å². The quantitative estimate of drug-likeness (QED) is 0.161. The molecule has 0 unspecified atom stereocenters. The van der Waals surface area contributed by atoms with Crippen molar-refractivity contribution < 1.29 is 4.42 Å². The summed E-state index contributed by atoms with van der Waals surface area (Å²) in [4.78, 5) is 13.0. The van der Waals surface area contributed by atoms with E-state index in [0.717, 1.165) is 94.4 Å². The van der Waals surface area contributed by atoms with Crippen LogP contribution in [0.3, 0.4) is 0 Å². The van der Waals surface area contributed by atoms with Crippen molar-refractivity contribution in [1.29, 1.82) is 0 Å². The lowest BCUT2D eigenvalue weighted by atomic mass is 9.95. The first-order valence-corrected chi connectivity index (χ1v) is 18.9. The fraction of sp³-hybridized carbons (Fsp3) is 0. The molecule has 2 aromatic heterocycles. The van der Waals surface area contributed by atoms with E-state index >= 15 is 0 Å². The lowest BCUT2D eigenvalue weighted by Crippen LogP contribution is -2.10. The average Bonchev–Trinajstić information content (AvgIpc) is 3.67. The summed E-state index contributed by atoms with van der Waals surface area (Å²) in [7, 11) is 0. The molecule has 0 aliphatic heterocycles. The van der Waals surface area contributed by atoms with Crippen molar-refractivity contribution in [3.05, 3.63) is 200 Å². The fourth-order valence-electron chi connectivity index (χ4n) is 8.15. The number of aromatic nitrogens is 2. The van der Waals surface area contributed by atoms with Crippen LogP contribution in [-0.2, 0) is 0 Å². The average molecular weight is 716 g/mol. The number of nitrogens with zero attached hydrogens (tertiary/aromatic N) is 3. The monoisotopic (exact) mass is 715 g/mol. The minimum absolute atomic E-state index is 0.831. The van der Waals surface area contributed by atoms with Gasteiger partial charge in [-0.1, -0.05) is 152 Å². The number of hydrogen-bond acceptors (Lipinski definition) is 4. The lowest BCUT2D eigenvalue weighted by molar-refractivity contribution is 0.669. The Morgan fingerprint density at radius 3 is 1.84 bits per heavy atom. The first-order chi connectivity index (χ1) is 27.8. The van der Waals surface area contributed by atoms with Gasteiger partial charge in [0.05, 0.1) is 28.1 Å². The zero-order chi connectivity index (χ0) is 37.0. The highest BCUT2D eigenvalue weighted by molar-refractivity contribution is 6.18. The molecular formula is C52H33N3O. The highest BCUT2D eigenvalue weighted by atomic mass is 16.3. The van der Waals surface area contributed by atoms with Gasteiger partial charge in [0.2, 0.25) is 0 Å². The smallest absolute Gasteiger partial charge is 0.160 e. The summed E-state index contributed by atoms with van der Waals surface area (Å²) >= 11 is 0. The maximum Gasteiger partial charge on any atom is 0.160 e. The van der Waals surface area contributed by atoms with Gasteiger partial charge in [0.1, 0.15) is 5.58 Å². The second-order valence-corrected chi connectivity index (χ2v) is 14.2. The molecular weight excluding hydrogens is 683 g/mol. The van der Waals surface area contributed by atoms with Gasteiger partial charge >= 0.3 is 0 Å². The molecule has 0 saturated heterocycles. The van der Waals surface area contributed by atoms with Gasteiger partial charge in [-0.15, -0.1) is 0 Å². The topological polar surface area (TPSA) is 42.2 Å². The molecule has 11 rings (SSSR count). The van der Waals surface area contributed by atoms with Gasteiger partial charge in [-0.2, -0.15) is 0 Å². The van der Waals surface area contributed by atoms with Crippen LogP contribution in [0.15, 0.2) is 205 Å². The molecule has 9 aromatic carbocycles. The normalized spacial score (nSPS) is 11.6. The highest BCUT2D eigenvalue weighted by Crippen LogP contribution is 2.46. The largest absolute Gasteiger partial charge is 0.454 e. The summed E-state index contributed by atoms with van der Waals surface area (Å²) in [6, 6.07) is 70.1. The Morgan fingerprint density at radius 2 is 1.05 bits per heavy atom. The minimum Gasteiger partial charge on any atom is -0.454 e. The van der Waals surface area contributed by atoms with Gasteiger partial charge in [0, 0.05) is 38.7 Å². The second kappa shape index (κ2) is 13.1. The Morgan fingerprint density at radius 1 is 0.411 bits per heavy atom. The maximum atomic E-state index is 6.87. The van der Waals surface area contributed by atoms with Crippen LogP contribution in [0.25, 0.3) is 88.2 Å². The predicted molar refractivity (Wildman–Crippen MR) is 233 cm³/mol. The molecule has 0 spiro atoms. The van der Waals surface area contributed by atoms with Gasteiger partial charge in [-0.25, -0.2) is 9.97 Å². The van der Waals surface area contributed by atoms with Crippen molar-refractivity contribution in [3.63, 3.8) is 0 Å². The molecule has 0 saturated carbocycles. The summed E-state index contributed by atoms with van der Waals surface area (Å²) in [5.41, 5.74) is 12.5. The lowest BCUT2D eigenvalue weighted by Gasteiger charge is -2.26. The van der Waals surface area contributed by atoms with Crippen LogP contribution >= 0.6 is 0 Å². The van der Waals surface area contributed by atoms with Crippen LogP contribution in [0, 0.1) is 0 Å². The molecule has 2 heterocycles. The number of para-hydroxylation sites is 2. The molecule has 0 atom stereocenters. The molecule has 0 N–H and O–H groups in total. The predicted octanol–water partition coefficient (Wildman–Crippen LogP) is 14.3. The minimum atomic E-state index is 0.831. The molecule has 4 nitrogen and oxygen atoms in total. The third-order valence-corrected chi connectivity index (χ3v) is 10.8. The number of fused-ring (bicyclic) bond motifs is 7. The fourth-order valence-corrected chi connectivity index (χ4v) is 8.15. The summed E-state index contributed by atoms with van der Waals surface area (Å²) in [5, 5.41) is 6.69. The van der Waals surface area contributed by atoms with Crippen LogP contribution in [0.4, 0.5) is 17.1 Å². The molecule has 0 radical (unpaired) electrons. The Kier molecular flexibility index (Phi) is 7.46. The van der Waals surface area contributed by atoms with Crippen LogP contribution in [0.2, 0.25) is 0 Å². The summed E-state index contributed by atoms with van der Waals surface area (Å²) < 4.78 is 6.87. The zero-order valence-corrected chi connectivity index (χ0v) is 30.3. The molecule has 0 aliphatic carbocycles. The van der Waals surface area contributed by atoms with Crippen LogP contribution < -0.4 is 4.90 Å². The number of rotatable bonds is 6. The van der Waals surface area contributed by atoms with Crippen LogP contribution in [0.5, 0.6) is 0 Å². The Balaban J connectivity index is 1.15. The molecule has 4 heteroatoms. The molecule has 262 valence electrons. The number of anilines is 3. The second-order valence-electron chi connectivity index (χ2n) is 14.2. The number of benzene rings is 9. The molecule has 56 heavy (non-hydrogen) atoms. The molecule has 11 aromatic rings. The van der Waals surface area contributed by atoms with Gasteiger partial charge in [-0.05, 0) is 75.8 Å². The summed E-state index contributed by atoms with van der Waals surface area (Å²) in [6.07, 6.45) is 0. The van der Waals surface area contributed by atoms with Crippen molar-refractivity contribution in [2.75, 3.05) is 4.90 Å². The Hall–Kier alpha value is -7.56. The van der Waals surface area contributed by atoms with Gasteiger partial charge in [-0.3, -0.25) is 0 Å². The van der Waals surface area contributed by atoms with Crippen molar-refractivity contribution in [1.82, 2.24) is 9.97 Å². The van der Waals surface area contributed by atoms with E-state index in [4.69, 9.17) is 14.4 Å². The third-order valence-electron chi connectivity index (χ3n) is 10.8. The van der Waals surface area contributed by atoms with Crippen LogP contribution in [0.1, 0.15) is 0 Å². The van der Waals surface area contributed by atoms with Crippen molar-refractivity contribution in [2.24, 2.45) is 0 Å². The van der Waals surface area contributed by atoms with Crippen molar-refractivity contribution in [2.45, 2.75) is 0 Å². The first-order valence-electron chi connectivity index (χ1n) is 18.9. The van der Waals surface area contributed by atoms with E-state index in [0.29, 0.717) is 0 Å². The van der Waals surface area contributed by atoms with E-state index in [-0.39, 0.29) is 0 Å². The van der Waals surface area contributed by atoms with Crippen molar-refractivity contribution in [3.8, 4) is 33.6 Å². The van der Waals surface area contributed by atoms with E-state index in [1.54, 1.807) is 0 Å². The third kappa shape index (κ3) is 5.31. The van der Waals surface area contributed by atoms with E-state index in [2.05, 4.69) is 187 Å².